The number of aliphatic hydroxyl groups is 1. The fraction of sp³-hybridized carbons (Fsp3) is 0.636. The van der Waals surface area contributed by atoms with Gasteiger partial charge in [-0.15, -0.1) is 4.52 Å². The molecule has 1 unspecified atom stereocenters. The van der Waals surface area contributed by atoms with E-state index in [1.165, 1.54) is 20.0 Å². The van der Waals surface area contributed by atoms with E-state index in [4.69, 9.17) is 4.74 Å². The molecule has 0 amide bonds. The predicted octanol–water partition coefficient (Wildman–Crippen LogP) is -1.08. The molecule has 1 aliphatic heterocycles. The van der Waals surface area contributed by atoms with Crippen molar-refractivity contribution in [2.45, 2.75) is 38.2 Å². The fourth-order valence-corrected chi connectivity index (χ4v) is 2.44. The fourth-order valence-electron chi connectivity index (χ4n) is 2.18. The number of ether oxygens (including phenoxy) is 1. The van der Waals surface area contributed by atoms with Gasteiger partial charge in [-0.2, -0.15) is 0 Å². The molecular formula is C11H15N2O7P. The average Bonchev–Trinajstić information content (AvgIpc) is 2.66. The molecule has 2 heterocycles. The number of hydrogen-bond donors (Lipinski definition) is 2. The zero-order chi connectivity index (χ0) is 15.8. The van der Waals surface area contributed by atoms with Crippen LogP contribution in [-0.2, 0) is 13.8 Å². The third-order valence-electron chi connectivity index (χ3n) is 3.39. The molecule has 0 spiro atoms. The molecule has 1 aliphatic rings. The SMILES string of the molecule is Cc1cn([C@H]2C[C@@](C)(O)[C@@H](CO[P+](=O)[O-])O2)c(=O)[nH]c1=O. The Labute approximate surface area is 120 Å². The highest BCUT2D eigenvalue weighted by Gasteiger charge is 2.45. The van der Waals surface area contributed by atoms with E-state index in [0.717, 1.165) is 4.57 Å². The van der Waals surface area contributed by atoms with Gasteiger partial charge in [-0.1, -0.05) is 0 Å². The number of aromatic nitrogens is 2. The molecule has 0 saturated carbocycles. The van der Waals surface area contributed by atoms with Gasteiger partial charge < -0.3 is 14.7 Å². The third kappa shape index (κ3) is 3.45. The number of aromatic amines is 1. The maximum absolute atomic E-state index is 11.8. The van der Waals surface area contributed by atoms with Crippen LogP contribution < -0.4 is 16.1 Å². The van der Waals surface area contributed by atoms with Crippen LogP contribution in [0.5, 0.6) is 0 Å². The minimum absolute atomic E-state index is 0.0576. The highest BCUT2D eigenvalue weighted by molar-refractivity contribution is 7.30. The first-order valence-electron chi connectivity index (χ1n) is 6.18. The normalized spacial score (nSPS) is 29.6. The van der Waals surface area contributed by atoms with Crippen LogP contribution in [0.2, 0.25) is 0 Å². The molecule has 2 rings (SSSR count). The second-order valence-electron chi connectivity index (χ2n) is 5.14. The van der Waals surface area contributed by atoms with E-state index in [1.54, 1.807) is 0 Å². The molecule has 0 radical (unpaired) electrons. The molecule has 1 aromatic rings. The first-order valence-corrected chi connectivity index (χ1v) is 7.27. The summed E-state index contributed by atoms with van der Waals surface area (Å²) in [4.78, 5) is 35.7. The quantitative estimate of drug-likeness (QED) is 0.674. The Hall–Kier alpha value is -1.38. The molecule has 0 aliphatic carbocycles. The molecular weight excluding hydrogens is 303 g/mol. The van der Waals surface area contributed by atoms with Crippen molar-refractivity contribution in [2.75, 3.05) is 6.61 Å². The van der Waals surface area contributed by atoms with Gasteiger partial charge >= 0.3 is 13.9 Å². The lowest BCUT2D eigenvalue weighted by Gasteiger charge is -2.20. The summed E-state index contributed by atoms with van der Waals surface area (Å²) in [7, 11) is -3.05. The largest absolute Gasteiger partial charge is 0.566 e. The van der Waals surface area contributed by atoms with Crippen LogP contribution in [0.1, 0.15) is 25.1 Å². The molecule has 2 N–H and O–H groups in total. The van der Waals surface area contributed by atoms with Crippen LogP contribution >= 0.6 is 8.25 Å². The molecule has 9 nitrogen and oxygen atoms in total. The highest BCUT2D eigenvalue weighted by Crippen LogP contribution is 2.36. The first kappa shape index (κ1) is 16.0. The lowest BCUT2D eigenvalue weighted by molar-refractivity contribution is -0.190. The van der Waals surface area contributed by atoms with Crippen molar-refractivity contribution in [3.8, 4) is 0 Å². The van der Waals surface area contributed by atoms with Gasteiger partial charge in [0.1, 0.15) is 18.9 Å². The molecule has 1 fully saturated rings. The van der Waals surface area contributed by atoms with Gasteiger partial charge in [0.25, 0.3) is 5.56 Å². The zero-order valence-corrected chi connectivity index (χ0v) is 12.3. The number of hydrogen-bond acceptors (Lipinski definition) is 7. The van der Waals surface area contributed by atoms with Crippen molar-refractivity contribution >= 4 is 8.25 Å². The first-order chi connectivity index (χ1) is 9.70. The van der Waals surface area contributed by atoms with Gasteiger partial charge in [0.2, 0.25) is 0 Å². The smallest absolute Gasteiger partial charge is 0.488 e. The van der Waals surface area contributed by atoms with Gasteiger partial charge in [0.15, 0.2) is 0 Å². The summed E-state index contributed by atoms with van der Waals surface area (Å²) in [6.45, 7) is 2.65. The van der Waals surface area contributed by atoms with Crippen LogP contribution in [0.3, 0.4) is 0 Å². The Kier molecular flexibility index (Phi) is 4.40. The molecule has 10 heteroatoms. The Morgan fingerprint density at radius 1 is 1.67 bits per heavy atom. The number of aryl methyl sites for hydroxylation is 1. The molecule has 116 valence electrons. The lowest BCUT2D eigenvalue weighted by Crippen LogP contribution is -2.37. The van der Waals surface area contributed by atoms with E-state index in [1.807, 2.05) is 0 Å². The van der Waals surface area contributed by atoms with Crippen LogP contribution in [0.25, 0.3) is 0 Å². The summed E-state index contributed by atoms with van der Waals surface area (Å²) in [5, 5.41) is 10.2. The maximum atomic E-state index is 11.8. The van der Waals surface area contributed by atoms with E-state index in [2.05, 4.69) is 9.51 Å². The molecule has 1 aromatic heterocycles. The average molecular weight is 318 g/mol. The minimum atomic E-state index is -3.05. The lowest BCUT2D eigenvalue weighted by atomic mass is 9.98. The summed E-state index contributed by atoms with van der Waals surface area (Å²) in [6.07, 6.45) is -0.336. The van der Waals surface area contributed by atoms with Gasteiger partial charge in [0.05, 0.1) is 5.60 Å². The summed E-state index contributed by atoms with van der Waals surface area (Å²) in [6, 6.07) is 0. The minimum Gasteiger partial charge on any atom is -0.566 e. The highest BCUT2D eigenvalue weighted by atomic mass is 31.1. The molecule has 21 heavy (non-hydrogen) atoms. The second kappa shape index (κ2) is 5.78. The molecule has 0 aromatic carbocycles. The van der Waals surface area contributed by atoms with E-state index >= 15 is 0 Å². The van der Waals surface area contributed by atoms with Crippen LogP contribution in [0.4, 0.5) is 0 Å². The number of nitrogens with one attached hydrogen (secondary N) is 1. The Bertz CT molecular complexity index is 665. The monoisotopic (exact) mass is 318 g/mol. The van der Waals surface area contributed by atoms with Crippen molar-refractivity contribution in [1.82, 2.24) is 9.55 Å². The number of H-pyrrole nitrogens is 1. The van der Waals surface area contributed by atoms with E-state index in [0.29, 0.717) is 5.56 Å². The Morgan fingerprint density at radius 2 is 2.33 bits per heavy atom. The third-order valence-corrected chi connectivity index (χ3v) is 3.75. The van der Waals surface area contributed by atoms with Crippen LogP contribution in [0, 0.1) is 6.92 Å². The van der Waals surface area contributed by atoms with Crippen LogP contribution in [-0.4, -0.2) is 33.0 Å². The Morgan fingerprint density at radius 3 is 2.95 bits per heavy atom. The maximum Gasteiger partial charge on any atom is 0.488 e. The topological polar surface area (TPSA) is 134 Å². The molecule has 0 bridgehead atoms. The van der Waals surface area contributed by atoms with Crippen molar-refractivity contribution in [1.29, 1.82) is 0 Å². The summed E-state index contributed by atoms with van der Waals surface area (Å²) >= 11 is 0. The van der Waals surface area contributed by atoms with Gasteiger partial charge in [-0.3, -0.25) is 14.3 Å². The van der Waals surface area contributed by atoms with Crippen molar-refractivity contribution < 1.29 is 23.8 Å². The van der Waals surface area contributed by atoms with Crippen molar-refractivity contribution in [3.05, 3.63) is 32.6 Å². The van der Waals surface area contributed by atoms with Gasteiger partial charge in [-0.05, 0) is 18.4 Å². The number of rotatable bonds is 4. The van der Waals surface area contributed by atoms with Gasteiger partial charge in [-0.25, -0.2) is 4.79 Å². The summed E-state index contributed by atoms with van der Waals surface area (Å²) in [5.41, 5.74) is -2.20. The van der Waals surface area contributed by atoms with E-state index < -0.39 is 37.4 Å². The molecule has 1 saturated heterocycles. The molecule has 4 atom stereocenters. The van der Waals surface area contributed by atoms with Gasteiger partial charge in [0, 0.05) is 18.2 Å². The van der Waals surface area contributed by atoms with E-state index in [9.17, 15) is 24.2 Å². The number of nitrogens with zero attached hydrogens (tertiary/aromatic N) is 1. The Balaban J connectivity index is 2.24. The van der Waals surface area contributed by atoms with E-state index in [-0.39, 0.29) is 13.0 Å². The van der Waals surface area contributed by atoms with Crippen molar-refractivity contribution in [2.24, 2.45) is 0 Å². The standard InChI is InChI=1S/C11H15N2O7P/c1-6-4-13(10(15)12-9(6)14)8-3-11(2,16)7(20-8)5-19-21(17)18/h4,7-8,16H,3,5H2,1-2H3,(H,12,14,15)/t7-,8-,11-/m1/s1. The predicted molar refractivity (Wildman–Crippen MR) is 68.8 cm³/mol. The van der Waals surface area contributed by atoms with Crippen LogP contribution in [0.15, 0.2) is 15.8 Å². The summed E-state index contributed by atoms with van der Waals surface area (Å²) in [5.74, 6) is 0. The second-order valence-corrected chi connectivity index (χ2v) is 5.84. The zero-order valence-electron chi connectivity index (χ0n) is 11.4. The van der Waals surface area contributed by atoms with Crippen molar-refractivity contribution in [3.63, 3.8) is 0 Å². The summed E-state index contributed by atoms with van der Waals surface area (Å²) < 4.78 is 21.5.